The number of aromatic nitrogens is 2. The molecule has 0 unspecified atom stereocenters. The predicted molar refractivity (Wildman–Crippen MR) is 174 cm³/mol. The molecule has 0 aliphatic carbocycles. The van der Waals surface area contributed by atoms with Crippen molar-refractivity contribution < 1.29 is 0 Å². The Morgan fingerprint density at radius 1 is 0.488 bits per heavy atom. The molecule has 0 aliphatic heterocycles. The highest BCUT2D eigenvalue weighted by Crippen LogP contribution is 2.41. The number of benzene rings is 3. The Kier molecular flexibility index (Phi) is 7.57. The van der Waals surface area contributed by atoms with Gasteiger partial charge in [-0.05, 0) is 108 Å². The molecule has 0 saturated carbocycles. The average Bonchev–Trinajstić information content (AvgIpc) is 2.92. The molecule has 5 rings (SSSR count). The van der Waals surface area contributed by atoms with Crippen LogP contribution in [0, 0.1) is 13.8 Å². The van der Waals surface area contributed by atoms with Crippen molar-refractivity contribution in [3.05, 3.63) is 126 Å². The first-order chi connectivity index (χ1) is 19.4. The zero-order chi connectivity index (χ0) is 29.4. The number of pyridine rings is 2. The molecule has 0 radical (unpaired) electrons. The van der Waals surface area contributed by atoms with E-state index in [1.165, 1.54) is 22.3 Å². The van der Waals surface area contributed by atoms with E-state index in [0.717, 1.165) is 39.6 Å². The summed E-state index contributed by atoms with van der Waals surface area (Å²) in [5.74, 6) is 0. The maximum Gasteiger partial charge on any atom is 0.0705 e. The lowest BCUT2D eigenvalue weighted by Gasteiger charge is -2.31. The monoisotopic (exact) mass is 539 g/mol. The summed E-state index contributed by atoms with van der Waals surface area (Å²) in [7, 11) is 0. The summed E-state index contributed by atoms with van der Waals surface area (Å²) in [6, 6.07) is 32.9. The summed E-state index contributed by atoms with van der Waals surface area (Å²) in [4.78, 5) is 11.7. The van der Waals surface area contributed by atoms with Crippen LogP contribution in [-0.2, 0) is 10.8 Å². The van der Waals surface area contributed by atoms with Crippen molar-refractivity contribution in [2.24, 2.45) is 0 Å². The highest BCUT2D eigenvalue weighted by molar-refractivity contribution is 5.82. The van der Waals surface area contributed by atoms with Crippen molar-refractivity contribution in [3.63, 3.8) is 0 Å². The van der Waals surface area contributed by atoms with E-state index in [0.29, 0.717) is 0 Å². The topological polar surface area (TPSA) is 29.0 Å². The Labute approximate surface area is 246 Å². The molecule has 0 N–H and O–H groups in total. The molecule has 0 atom stereocenters. The quantitative estimate of drug-likeness (QED) is 0.222. The molecule has 0 bridgehead atoms. The summed E-state index contributed by atoms with van der Waals surface area (Å²) >= 11 is 0. The van der Waals surface area contributed by atoms with Crippen molar-refractivity contribution in [2.45, 2.75) is 66.2 Å². The average molecular weight is 540 g/mol. The van der Waals surface area contributed by atoms with E-state index >= 15 is 0 Å². The van der Waals surface area contributed by atoms with Crippen LogP contribution in [-0.4, -0.2) is 9.97 Å². The molecule has 0 amide bonds. The van der Waals surface area contributed by atoms with E-state index < -0.39 is 0 Å². The molecule has 208 valence electrons. The summed E-state index contributed by atoms with van der Waals surface area (Å²) in [6.07, 6.45) is 3.77. The van der Waals surface area contributed by atoms with E-state index in [-0.39, 0.29) is 10.8 Å². The fourth-order valence-corrected chi connectivity index (χ4v) is 5.05. The normalized spacial score (nSPS) is 11.9. The smallest absolute Gasteiger partial charge is 0.0705 e. The van der Waals surface area contributed by atoms with E-state index in [4.69, 9.17) is 0 Å². The second-order valence-corrected chi connectivity index (χ2v) is 13.1. The van der Waals surface area contributed by atoms with Crippen molar-refractivity contribution in [2.75, 3.05) is 4.90 Å². The molecule has 41 heavy (non-hydrogen) atoms. The van der Waals surface area contributed by atoms with Gasteiger partial charge in [0.25, 0.3) is 0 Å². The first-order valence-electron chi connectivity index (χ1n) is 14.4. The summed E-state index contributed by atoms with van der Waals surface area (Å²) < 4.78 is 0. The first-order valence-corrected chi connectivity index (χ1v) is 14.4. The van der Waals surface area contributed by atoms with Crippen LogP contribution in [0.25, 0.3) is 22.5 Å². The standard InChI is InChI=1S/C38H41N3/c1-26-15-17-39-35(19-26)28-11-9-13-32(21-28)41(33-14-10-12-29(22-33)36-20-27(2)16-18-40-36)34-24-30(37(3,4)5)23-31(25-34)38(6,7)8/h9-25H,1-8H3. The maximum absolute atomic E-state index is 4.68. The molecule has 3 heteroatoms. The highest BCUT2D eigenvalue weighted by Gasteiger charge is 2.24. The second kappa shape index (κ2) is 11.0. The Balaban J connectivity index is 1.75. The minimum atomic E-state index is 0.00233. The third-order valence-corrected chi connectivity index (χ3v) is 7.54. The zero-order valence-corrected chi connectivity index (χ0v) is 25.7. The molecule has 0 fully saturated rings. The fourth-order valence-electron chi connectivity index (χ4n) is 5.05. The van der Waals surface area contributed by atoms with Crippen LogP contribution >= 0.6 is 0 Å². The highest BCUT2D eigenvalue weighted by atomic mass is 15.1. The number of anilines is 3. The van der Waals surface area contributed by atoms with Gasteiger partial charge < -0.3 is 4.90 Å². The van der Waals surface area contributed by atoms with E-state index in [1.807, 2.05) is 24.5 Å². The van der Waals surface area contributed by atoms with E-state index in [9.17, 15) is 0 Å². The molecule has 3 nitrogen and oxygen atoms in total. The van der Waals surface area contributed by atoms with Crippen LogP contribution in [0.2, 0.25) is 0 Å². The molecule has 3 aromatic carbocycles. The Morgan fingerprint density at radius 2 is 0.927 bits per heavy atom. The van der Waals surface area contributed by atoms with Crippen LogP contribution in [0.15, 0.2) is 103 Å². The lowest BCUT2D eigenvalue weighted by atomic mass is 9.80. The van der Waals surface area contributed by atoms with Gasteiger partial charge in [0.2, 0.25) is 0 Å². The summed E-state index contributed by atoms with van der Waals surface area (Å²) in [5, 5.41) is 0. The largest absolute Gasteiger partial charge is 0.310 e. The minimum Gasteiger partial charge on any atom is -0.310 e. The fraction of sp³-hybridized carbons (Fsp3) is 0.263. The van der Waals surface area contributed by atoms with Gasteiger partial charge in [-0.25, -0.2) is 0 Å². The van der Waals surface area contributed by atoms with Crippen molar-refractivity contribution in [1.82, 2.24) is 9.97 Å². The van der Waals surface area contributed by atoms with Gasteiger partial charge in [-0.3, -0.25) is 9.97 Å². The SMILES string of the molecule is Cc1ccnc(-c2cccc(N(c3cccc(-c4cc(C)ccn4)c3)c3cc(C(C)(C)C)cc(C(C)(C)C)c3)c2)c1. The third kappa shape index (κ3) is 6.41. The lowest BCUT2D eigenvalue weighted by Crippen LogP contribution is -2.19. The van der Waals surface area contributed by atoms with Gasteiger partial charge in [-0.1, -0.05) is 71.9 Å². The summed E-state index contributed by atoms with van der Waals surface area (Å²) in [5.41, 5.74) is 12.5. The minimum absolute atomic E-state index is 0.00233. The van der Waals surface area contributed by atoms with Crippen LogP contribution < -0.4 is 4.90 Å². The molecular formula is C38H41N3. The third-order valence-electron chi connectivity index (χ3n) is 7.54. The molecular weight excluding hydrogens is 498 g/mol. The number of rotatable bonds is 5. The number of hydrogen-bond acceptors (Lipinski definition) is 3. The van der Waals surface area contributed by atoms with E-state index in [1.54, 1.807) is 0 Å². The van der Waals surface area contributed by atoms with Crippen molar-refractivity contribution >= 4 is 17.1 Å². The van der Waals surface area contributed by atoms with Gasteiger partial charge in [-0.2, -0.15) is 0 Å². The first kappa shape index (κ1) is 28.3. The van der Waals surface area contributed by atoms with Gasteiger partial charge >= 0.3 is 0 Å². The van der Waals surface area contributed by atoms with Gasteiger partial charge in [0.1, 0.15) is 0 Å². The van der Waals surface area contributed by atoms with Crippen LogP contribution in [0.5, 0.6) is 0 Å². The Bertz CT molecular complexity index is 1560. The molecule has 0 spiro atoms. The van der Waals surface area contributed by atoms with Gasteiger partial charge in [-0.15, -0.1) is 0 Å². The Morgan fingerprint density at radius 3 is 1.32 bits per heavy atom. The number of hydrogen-bond donors (Lipinski definition) is 0. The number of aryl methyl sites for hydroxylation is 2. The van der Waals surface area contributed by atoms with E-state index in [2.05, 4.69) is 149 Å². The second-order valence-electron chi connectivity index (χ2n) is 13.1. The lowest BCUT2D eigenvalue weighted by molar-refractivity contribution is 0.569. The van der Waals surface area contributed by atoms with Crippen LogP contribution in [0.1, 0.15) is 63.8 Å². The molecule has 0 aliphatic rings. The zero-order valence-electron chi connectivity index (χ0n) is 25.7. The number of nitrogens with zero attached hydrogens (tertiary/aromatic N) is 3. The van der Waals surface area contributed by atoms with Gasteiger partial charge in [0.05, 0.1) is 11.4 Å². The van der Waals surface area contributed by atoms with Gasteiger partial charge in [0, 0.05) is 40.6 Å². The Hall–Kier alpha value is -4.24. The summed E-state index contributed by atoms with van der Waals surface area (Å²) in [6.45, 7) is 18.0. The van der Waals surface area contributed by atoms with Crippen molar-refractivity contribution in [3.8, 4) is 22.5 Å². The molecule has 2 heterocycles. The van der Waals surface area contributed by atoms with Crippen LogP contribution in [0.3, 0.4) is 0 Å². The van der Waals surface area contributed by atoms with Crippen LogP contribution in [0.4, 0.5) is 17.1 Å². The van der Waals surface area contributed by atoms with Gasteiger partial charge in [0.15, 0.2) is 0 Å². The molecule has 5 aromatic rings. The predicted octanol–water partition coefficient (Wildman–Crippen LogP) is 10.5. The van der Waals surface area contributed by atoms with Crippen molar-refractivity contribution in [1.29, 1.82) is 0 Å². The molecule has 2 aromatic heterocycles. The maximum atomic E-state index is 4.68. The molecule has 0 saturated heterocycles.